The Kier molecular flexibility index (Phi) is 6.61. The van der Waals surface area contributed by atoms with E-state index < -0.39 is 11.8 Å². The number of furan rings is 1. The number of carbonyl (C=O) groups excluding carboxylic acids is 3. The lowest BCUT2D eigenvalue weighted by Crippen LogP contribution is -2.37. The summed E-state index contributed by atoms with van der Waals surface area (Å²) in [6.07, 6.45) is 1.88. The third kappa shape index (κ3) is 4.83. The normalized spacial score (nSPS) is 20.0. The standard InChI is InChI=1S/C25H23N3O4S/c1-14-6-11-21(32-14)23-18(12-26)25(28-19-4-3-5-20(30)24(19)23)33-13-22(31)27-17-9-7-16(8-10-17)15(2)29/h6-11,23-24H,3-5,13H2,1-2H3,(H,27,31)/t23-,24-/m0/s1. The average Bonchev–Trinajstić information content (AvgIpc) is 3.23. The van der Waals surface area contributed by atoms with Crippen LogP contribution in [0, 0.1) is 24.2 Å². The molecule has 7 nitrogen and oxygen atoms in total. The van der Waals surface area contributed by atoms with Crippen LogP contribution in [0.4, 0.5) is 5.69 Å². The summed E-state index contributed by atoms with van der Waals surface area (Å²) in [5.74, 6) is 0.0929. The van der Waals surface area contributed by atoms with E-state index in [4.69, 9.17) is 4.42 Å². The highest BCUT2D eigenvalue weighted by atomic mass is 32.2. The van der Waals surface area contributed by atoms with Crippen molar-refractivity contribution in [2.75, 3.05) is 11.1 Å². The minimum Gasteiger partial charge on any atom is -0.466 e. The molecule has 1 N–H and O–H groups in total. The minimum absolute atomic E-state index is 0.0448. The Balaban J connectivity index is 1.55. The van der Waals surface area contributed by atoms with Crippen molar-refractivity contribution in [1.82, 2.24) is 0 Å². The Hall–Kier alpha value is -3.44. The maximum atomic E-state index is 12.8. The molecule has 1 saturated carbocycles. The minimum atomic E-state index is -0.520. The van der Waals surface area contributed by atoms with Crippen molar-refractivity contribution in [2.45, 2.75) is 39.0 Å². The lowest BCUT2D eigenvalue weighted by Gasteiger charge is -2.33. The number of nitrogens with one attached hydrogen (secondary N) is 1. The smallest absolute Gasteiger partial charge is 0.234 e. The second-order valence-corrected chi connectivity index (χ2v) is 9.09. The van der Waals surface area contributed by atoms with Crippen LogP contribution in [0.2, 0.25) is 0 Å². The number of aliphatic imine (C=N–C) groups is 1. The highest BCUT2D eigenvalue weighted by Gasteiger charge is 2.43. The number of hydrogen-bond donors (Lipinski definition) is 1. The summed E-state index contributed by atoms with van der Waals surface area (Å²) >= 11 is 1.18. The summed E-state index contributed by atoms with van der Waals surface area (Å²) in [4.78, 5) is 41.4. The third-order valence-corrected chi connectivity index (χ3v) is 6.78. The predicted octanol–water partition coefficient (Wildman–Crippen LogP) is 4.81. The number of amides is 1. The highest BCUT2D eigenvalue weighted by molar-refractivity contribution is 8.03. The number of fused-ring (bicyclic) bond motifs is 1. The second-order valence-electron chi connectivity index (χ2n) is 8.13. The molecule has 0 spiro atoms. The summed E-state index contributed by atoms with van der Waals surface area (Å²) in [5, 5.41) is 13.2. The monoisotopic (exact) mass is 461 g/mol. The average molecular weight is 462 g/mol. The van der Waals surface area contributed by atoms with Gasteiger partial charge in [-0.15, -0.1) is 0 Å². The quantitative estimate of drug-likeness (QED) is 0.618. The Morgan fingerprint density at radius 2 is 1.94 bits per heavy atom. The number of nitrogens with zero attached hydrogens (tertiary/aromatic N) is 2. The van der Waals surface area contributed by atoms with E-state index in [0.29, 0.717) is 46.2 Å². The Labute approximate surface area is 196 Å². The third-order valence-electron chi connectivity index (χ3n) is 5.79. The van der Waals surface area contributed by atoms with E-state index in [1.54, 1.807) is 24.3 Å². The topological polar surface area (TPSA) is 113 Å². The van der Waals surface area contributed by atoms with Gasteiger partial charge in [0.1, 0.15) is 22.3 Å². The van der Waals surface area contributed by atoms with E-state index in [0.717, 1.165) is 12.1 Å². The van der Waals surface area contributed by atoms with Gasteiger partial charge >= 0.3 is 0 Å². The predicted molar refractivity (Wildman–Crippen MR) is 126 cm³/mol. The number of nitriles is 1. The summed E-state index contributed by atoms with van der Waals surface area (Å²) in [7, 11) is 0. The second kappa shape index (κ2) is 9.59. The van der Waals surface area contributed by atoms with Crippen LogP contribution in [-0.2, 0) is 9.59 Å². The molecule has 1 fully saturated rings. The molecule has 33 heavy (non-hydrogen) atoms. The first-order valence-corrected chi connectivity index (χ1v) is 11.7. The van der Waals surface area contributed by atoms with Gasteiger partial charge in [-0.05, 0) is 63.1 Å². The molecular formula is C25H23N3O4S. The van der Waals surface area contributed by atoms with Gasteiger partial charge in [-0.1, -0.05) is 11.8 Å². The van der Waals surface area contributed by atoms with E-state index >= 15 is 0 Å². The largest absolute Gasteiger partial charge is 0.466 e. The molecule has 0 saturated heterocycles. The summed E-state index contributed by atoms with van der Waals surface area (Å²) in [6, 6.07) is 12.5. The summed E-state index contributed by atoms with van der Waals surface area (Å²) in [6.45, 7) is 3.31. The van der Waals surface area contributed by atoms with Crippen molar-refractivity contribution in [3.63, 3.8) is 0 Å². The molecule has 168 valence electrons. The fourth-order valence-corrected chi connectivity index (χ4v) is 5.06. The van der Waals surface area contributed by atoms with Crippen molar-refractivity contribution >= 4 is 40.6 Å². The number of allylic oxidation sites excluding steroid dienone is 1. The van der Waals surface area contributed by atoms with E-state index in [1.165, 1.54) is 18.7 Å². The number of benzene rings is 1. The molecule has 4 rings (SSSR count). The van der Waals surface area contributed by atoms with Crippen LogP contribution in [-0.4, -0.2) is 28.9 Å². The van der Waals surface area contributed by atoms with Crippen LogP contribution in [0.1, 0.15) is 54.0 Å². The van der Waals surface area contributed by atoms with Gasteiger partial charge < -0.3 is 9.73 Å². The number of anilines is 1. The molecule has 0 radical (unpaired) electrons. The Bertz CT molecular complexity index is 1220. The molecule has 0 unspecified atom stereocenters. The number of thioether (sulfide) groups is 1. The van der Waals surface area contributed by atoms with E-state index in [1.807, 2.05) is 19.1 Å². The molecule has 2 aromatic rings. The van der Waals surface area contributed by atoms with Crippen molar-refractivity contribution in [1.29, 1.82) is 5.26 Å². The van der Waals surface area contributed by atoms with E-state index in [-0.39, 0.29) is 23.2 Å². The molecule has 2 aliphatic rings. The lowest BCUT2D eigenvalue weighted by molar-refractivity contribution is -0.122. The van der Waals surface area contributed by atoms with Crippen LogP contribution in [0.5, 0.6) is 0 Å². The molecule has 0 bridgehead atoms. The lowest BCUT2D eigenvalue weighted by atomic mass is 9.72. The Morgan fingerprint density at radius 3 is 2.58 bits per heavy atom. The summed E-state index contributed by atoms with van der Waals surface area (Å²) in [5.41, 5.74) is 2.26. The number of rotatable bonds is 6. The van der Waals surface area contributed by atoms with Gasteiger partial charge in [0.2, 0.25) is 5.91 Å². The number of Topliss-reactive ketones (excluding diaryl/α,β-unsaturated/α-hetero) is 2. The van der Waals surface area contributed by atoms with Gasteiger partial charge in [0.05, 0.1) is 29.2 Å². The first-order valence-electron chi connectivity index (χ1n) is 10.7. The summed E-state index contributed by atoms with van der Waals surface area (Å²) < 4.78 is 5.83. The number of carbonyl (C=O) groups is 3. The number of ketones is 2. The van der Waals surface area contributed by atoms with Gasteiger partial charge in [-0.25, -0.2) is 4.99 Å². The van der Waals surface area contributed by atoms with E-state index in [2.05, 4.69) is 16.4 Å². The molecule has 1 aliphatic carbocycles. The van der Waals surface area contributed by atoms with Gasteiger partial charge in [-0.2, -0.15) is 5.26 Å². The molecule has 1 aromatic carbocycles. The molecule has 2 heterocycles. The molecular weight excluding hydrogens is 438 g/mol. The molecule has 1 amide bonds. The number of hydrogen-bond acceptors (Lipinski definition) is 7. The van der Waals surface area contributed by atoms with Crippen LogP contribution >= 0.6 is 11.8 Å². The zero-order chi connectivity index (χ0) is 23.5. The molecule has 2 atom stereocenters. The highest BCUT2D eigenvalue weighted by Crippen LogP contribution is 2.45. The van der Waals surface area contributed by atoms with Gasteiger partial charge in [0, 0.05) is 23.4 Å². The van der Waals surface area contributed by atoms with Crippen LogP contribution < -0.4 is 5.32 Å². The van der Waals surface area contributed by atoms with Crippen molar-refractivity contribution in [3.05, 3.63) is 64.1 Å². The zero-order valence-corrected chi connectivity index (χ0v) is 19.2. The first-order chi connectivity index (χ1) is 15.9. The maximum Gasteiger partial charge on any atom is 0.234 e. The van der Waals surface area contributed by atoms with Crippen LogP contribution in [0.3, 0.4) is 0 Å². The van der Waals surface area contributed by atoms with Crippen molar-refractivity contribution < 1.29 is 18.8 Å². The first kappa shape index (κ1) is 22.7. The fourth-order valence-electron chi connectivity index (χ4n) is 4.21. The van der Waals surface area contributed by atoms with Gasteiger partial charge in [0.25, 0.3) is 0 Å². The Morgan fingerprint density at radius 1 is 1.18 bits per heavy atom. The molecule has 8 heteroatoms. The molecule has 1 aromatic heterocycles. The van der Waals surface area contributed by atoms with Crippen molar-refractivity contribution in [2.24, 2.45) is 10.9 Å². The van der Waals surface area contributed by atoms with E-state index in [9.17, 15) is 19.6 Å². The number of aryl methyl sites for hydroxylation is 1. The van der Waals surface area contributed by atoms with Gasteiger partial charge in [0.15, 0.2) is 5.78 Å². The SMILES string of the molecule is CC(=O)c1ccc(NC(=O)CSC2=C(C#N)[C@@H](c3ccc(C)o3)[C@@H]3C(=O)CCCC3=N2)cc1. The van der Waals surface area contributed by atoms with Crippen LogP contribution in [0.25, 0.3) is 0 Å². The van der Waals surface area contributed by atoms with Crippen molar-refractivity contribution in [3.8, 4) is 6.07 Å². The zero-order valence-electron chi connectivity index (χ0n) is 18.4. The van der Waals surface area contributed by atoms with Gasteiger partial charge in [-0.3, -0.25) is 14.4 Å². The fraction of sp³-hybridized carbons (Fsp3) is 0.320. The van der Waals surface area contributed by atoms with Crippen LogP contribution in [0.15, 0.2) is 56.4 Å². The molecule has 1 aliphatic heterocycles. The maximum absolute atomic E-state index is 12.8.